The van der Waals surface area contributed by atoms with E-state index in [2.05, 4.69) is 20.6 Å². The van der Waals surface area contributed by atoms with Crippen LogP contribution in [0.2, 0.25) is 0 Å². The smallest absolute Gasteiger partial charge is 0.255 e. The van der Waals surface area contributed by atoms with E-state index in [9.17, 15) is 9.59 Å². The zero-order valence-corrected chi connectivity index (χ0v) is 15.7. The third-order valence-electron chi connectivity index (χ3n) is 4.65. The molecule has 0 aliphatic rings. The Labute approximate surface area is 168 Å². The van der Waals surface area contributed by atoms with Gasteiger partial charge in [-0.15, -0.1) is 0 Å². The summed E-state index contributed by atoms with van der Waals surface area (Å²) in [6, 6.07) is 18.4. The Bertz CT molecular complexity index is 1130. The number of nitrogens with zero attached hydrogens (tertiary/aromatic N) is 1. The highest BCUT2D eigenvalue weighted by molar-refractivity contribution is 6.04. The van der Waals surface area contributed by atoms with Crippen molar-refractivity contribution in [1.29, 1.82) is 0 Å². The van der Waals surface area contributed by atoms with Gasteiger partial charge in [-0.25, -0.2) is 0 Å². The van der Waals surface area contributed by atoms with Gasteiger partial charge in [0.15, 0.2) is 0 Å². The van der Waals surface area contributed by atoms with Crippen molar-refractivity contribution in [2.24, 2.45) is 0 Å². The average molecular weight is 384 g/mol. The van der Waals surface area contributed by atoms with Crippen LogP contribution in [0.1, 0.15) is 22.3 Å². The molecule has 0 spiro atoms. The van der Waals surface area contributed by atoms with Gasteiger partial charge < -0.3 is 15.6 Å². The molecule has 0 fully saturated rings. The monoisotopic (exact) mass is 384 g/mol. The van der Waals surface area contributed by atoms with Crippen LogP contribution in [0.3, 0.4) is 0 Å². The highest BCUT2D eigenvalue weighted by Crippen LogP contribution is 2.19. The number of para-hydroxylation sites is 1. The Hall–Kier alpha value is -3.93. The van der Waals surface area contributed by atoms with Crippen LogP contribution in [0.15, 0.2) is 79.3 Å². The van der Waals surface area contributed by atoms with Gasteiger partial charge in [-0.1, -0.05) is 18.2 Å². The number of H-pyrrole nitrogens is 1. The van der Waals surface area contributed by atoms with E-state index in [-0.39, 0.29) is 11.8 Å². The zero-order chi connectivity index (χ0) is 20.1. The summed E-state index contributed by atoms with van der Waals surface area (Å²) in [6.45, 7) is 0. The molecule has 6 heteroatoms. The van der Waals surface area contributed by atoms with Crippen LogP contribution in [0, 0.1) is 0 Å². The standard InChI is InChI=1S/C23H20N4O2/c28-22(12-9-17-14-25-21-6-2-1-5-20(17)21)26-18-10-7-16(8-11-18)23(29)27-19-4-3-13-24-15-19/h1-8,10-11,13-15,25H,9,12H2,(H,26,28)(H,27,29). The van der Waals surface area contributed by atoms with Crippen molar-refractivity contribution in [3.05, 3.63) is 90.4 Å². The number of aromatic nitrogens is 2. The van der Waals surface area contributed by atoms with Crippen LogP contribution in [-0.4, -0.2) is 21.8 Å². The van der Waals surface area contributed by atoms with Gasteiger partial charge in [0.05, 0.1) is 11.9 Å². The number of hydrogen-bond acceptors (Lipinski definition) is 3. The maximum Gasteiger partial charge on any atom is 0.255 e. The van der Waals surface area contributed by atoms with Crippen molar-refractivity contribution in [3.63, 3.8) is 0 Å². The fraction of sp³-hybridized carbons (Fsp3) is 0.0870. The molecule has 6 nitrogen and oxygen atoms in total. The number of carbonyl (C=O) groups excluding carboxylic acids is 2. The molecule has 2 aromatic heterocycles. The number of hydrogen-bond donors (Lipinski definition) is 3. The van der Waals surface area contributed by atoms with Crippen LogP contribution in [0.25, 0.3) is 10.9 Å². The minimum Gasteiger partial charge on any atom is -0.361 e. The lowest BCUT2D eigenvalue weighted by atomic mass is 10.1. The van der Waals surface area contributed by atoms with Crippen molar-refractivity contribution in [1.82, 2.24) is 9.97 Å². The van der Waals surface area contributed by atoms with E-state index >= 15 is 0 Å². The number of aryl methyl sites for hydroxylation is 1. The van der Waals surface area contributed by atoms with Crippen molar-refractivity contribution in [2.45, 2.75) is 12.8 Å². The Morgan fingerprint density at radius 1 is 0.897 bits per heavy atom. The van der Waals surface area contributed by atoms with E-state index in [1.165, 1.54) is 0 Å². The lowest BCUT2D eigenvalue weighted by molar-refractivity contribution is -0.116. The quantitative estimate of drug-likeness (QED) is 0.461. The van der Waals surface area contributed by atoms with Crippen LogP contribution < -0.4 is 10.6 Å². The molecule has 2 aromatic carbocycles. The Kier molecular flexibility index (Phi) is 5.33. The Morgan fingerprint density at radius 3 is 2.52 bits per heavy atom. The Balaban J connectivity index is 1.32. The lowest BCUT2D eigenvalue weighted by Gasteiger charge is -2.07. The topological polar surface area (TPSA) is 86.9 Å². The molecule has 4 rings (SSSR count). The number of carbonyl (C=O) groups is 2. The van der Waals surface area contributed by atoms with E-state index in [0.29, 0.717) is 29.8 Å². The molecule has 2 amide bonds. The number of nitrogens with one attached hydrogen (secondary N) is 3. The highest BCUT2D eigenvalue weighted by atomic mass is 16.2. The van der Waals surface area contributed by atoms with E-state index in [4.69, 9.17) is 0 Å². The summed E-state index contributed by atoms with van der Waals surface area (Å²) in [5, 5.41) is 6.80. The van der Waals surface area contributed by atoms with Gasteiger partial charge in [0.1, 0.15) is 0 Å². The third kappa shape index (κ3) is 4.50. The average Bonchev–Trinajstić information content (AvgIpc) is 3.17. The molecule has 0 atom stereocenters. The largest absolute Gasteiger partial charge is 0.361 e. The first-order valence-electron chi connectivity index (χ1n) is 9.35. The second kappa shape index (κ2) is 8.39. The second-order valence-corrected chi connectivity index (χ2v) is 6.68. The lowest BCUT2D eigenvalue weighted by Crippen LogP contribution is -2.14. The van der Waals surface area contributed by atoms with Crippen molar-refractivity contribution in [3.8, 4) is 0 Å². The number of amides is 2. The predicted molar refractivity (Wildman–Crippen MR) is 114 cm³/mol. The fourth-order valence-corrected chi connectivity index (χ4v) is 3.16. The minimum absolute atomic E-state index is 0.0668. The van der Waals surface area contributed by atoms with Gasteiger partial charge in [0, 0.05) is 41.0 Å². The summed E-state index contributed by atoms with van der Waals surface area (Å²) >= 11 is 0. The molecular weight excluding hydrogens is 364 g/mol. The van der Waals surface area contributed by atoms with Crippen LogP contribution in [0.4, 0.5) is 11.4 Å². The second-order valence-electron chi connectivity index (χ2n) is 6.68. The van der Waals surface area contributed by atoms with Crippen molar-refractivity contribution < 1.29 is 9.59 Å². The van der Waals surface area contributed by atoms with Gasteiger partial charge in [-0.05, 0) is 54.4 Å². The van der Waals surface area contributed by atoms with E-state index in [1.54, 1.807) is 48.8 Å². The highest BCUT2D eigenvalue weighted by Gasteiger charge is 2.09. The zero-order valence-electron chi connectivity index (χ0n) is 15.7. The SMILES string of the molecule is O=C(CCc1c[nH]c2ccccc12)Nc1ccc(C(=O)Nc2cccnc2)cc1. The van der Waals surface area contributed by atoms with Crippen molar-refractivity contribution in [2.75, 3.05) is 10.6 Å². The maximum atomic E-state index is 12.3. The molecule has 0 aliphatic heterocycles. The van der Waals surface area contributed by atoms with E-state index < -0.39 is 0 Å². The summed E-state index contributed by atoms with van der Waals surface area (Å²) in [5.41, 5.74) is 3.99. The number of pyridine rings is 1. The molecule has 29 heavy (non-hydrogen) atoms. The first kappa shape index (κ1) is 18.4. The fourth-order valence-electron chi connectivity index (χ4n) is 3.16. The molecule has 4 aromatic rings. The number of anilines is 2. The summed E-state index contributed by atoms with van der Waals surface area (Å²) < 4.78 is 0. The maximum absolute atomic E-state index is 12.3. The van der Waals surface area contributed by atoms with Gasteiger partial charge in [-0.2, -0.15) is 0 Å². The molecule has 0 aliphatic carbocycles. The number of benzene rings is 2. The van der Waals surface area contributed by atoms with Gasteiger partial charge in [0.25, 0.3) is 5.91 Å². The summed E-state index contributed by atoms with van der Waals surface area (Å²) in [7, 11) is 0. The molecular formula is C23H20N4O2. The molecule has 0 radical (unpaired) electrons. The molecule has 0 saturated carbocycles. The van der Waals surface area contributed by atoms with Gasteiger partial charge >= 0.3 is 0 Å². The first-order chi connectivity index (χ1) is 14.2. The summed E-state index contributed by atoms with van der Waals surface area (Å²) in [6.07, 6.45) is 6.21. The van der Waals surface area contributed by atoms with Crippen LogP contribution in [-0.2, 0) is 11.2 Å². The molecule has 144 valence electrons. The molecule has 0 saturated heterocycles. The number of aromatic amines is 1. The molecule has 2 heterocycles. The number of fused-ring (bicyclic) bond motifs is 1. The van der Waals surface area contributed by atoms with Crippen molar-refractivity contribution >= 4 is 34.1 Å². The van der Waals surface area contributed by atoms with E-state index in [1.807, 2.05) is 30.5 Å². The first-order valence-corrected chi connectivity index (χ1v) is 9.35. The third-order valence-corrected chi connectivity index (χ3v) is 4.65. The van der Waals surface area contributed by atoms with Crippen LogP contribution >= 0.6 is 0 Å². The molecule has 3 N–H and O–H groups in total. The summed E-state index contributed by atoms with van der Waals surface area (Å²) in [4.78, 5) is 31.7. The minimum atomic E-state index is -0.227. The predicted octanol–water partition coefficient (Wildman–Crippen LogP) is 4.39. The summed E-state index contributed by atoms with van der Waals surface area (Å²) in [5.74, 6) is -0.293. The normalized spacial score (nSPS) is 10.6. The van der Waals surface area contributed by atoms with Crippen LogP contribution in [0.5, 0.6) is 0 Å². The molecule has 0 bridgehead atoms. The van der Waals surface area contributed by atoms with Gasteiger partial charge in [-0.3, -0.25) is 14.6 Å². The molecule has 0 unspecified atom stereocenters. The Morgan fingerprint density at radius 2 is 1.72 bits per heavy atom. The van der Waals surface area contributed by atoms with E-state index in [0.717, 1.165) is 16.5 Å². The number of rotatable bonds is 6. The van der Waals surface area contributed by atoms with Gasteiger partial charge in [0.2, 0.25) is 5.91 Å².